The van der Waals surface area contributed by atoms with Gasteiger partial charge in [0.1, 0.15) is 0 Å². The van der Waals surface area contributed by atoms with Crippen molar-refractivity contribution in [2.24, 2.45) is 0 Å². The molecule has 0 spiro atoms. The summed E-state index contributed by atoms with van der Waals surface area (Å²) in [6, 6.07) is 7.77. The number of hydrogen-bond donors (Lipinski definition) is 3. The number of nitrogens with zero attached hydrogens (tertiary/aromatic N) is 5. The minimum atomic E-state index is 0.357. The third kappa shape index (κ3) is 3.85. The molecule has 3 N–H and O–H groups in total. The smallest absolute Gasteiger partial charge is 0.225 e. The van der Waals surface area contributed by atoms with Gasteiger partial charge in [0.05, 0.1) is 16.3 Å². The van der Waals surface area contributed by atoms with Crippen molar-refractivity contribution >= 4 is 39.1 Å². The summed E-state index contributed by atoms with van der Waals surface area (Å²) in [5.74, 6) is 2.21. The predicted octanol–water partition coefficient (Wildman–Crippen LogP) is 4.18. The number of anilines is 3. The van der Waals surface area contributed by atoms with Crippen LogP contribution in [-0.4, -0.2) is 49.7 Å². The molecular formula is C21H26N8S. The molecule has 5 rings (SSSR count). The number of fused-ring (bicyclic) bond motifs is 3. The van der Waals surface area contributed by atoms with E-state index < -0.39 is 0 Å². The number of hydrogen-bond acceptors (Lipinski definition) is 8. The van der Waals surface area contributed by atoms with E-state index in [4.69, 9.17) is 15.2 Å². The number of piperidine rings is 2. The first kappa shape index (κ1) is 19.3. The van der Waals surface area contributed by atoms with E-state index >= 15 is 0 Å². The van der Waals surface area contributed by atoms with Crippen LogP contribution < -0.4 is 10.6 Å². The lowest BCUT2D eigenvalue weighted by atomic mass is 9.81. The van der Waals surface area contributed by atoms with Crippen molar-refractivity contribution in [2.45, 2.75) is 63.6 Å². The molecule has 5 heterocycles. The molecule has 0 saturated carbocycles. The van der Waals surface area contributed by atoms with Gasteiger partial charge in [0.2, 0.25) is 5.95 Å². The molecule has 0 amide bonds. The topological polar surface area (TPSA) is 106 Å². The fraction of sp³-hybridized carbons (Fsp3) is 0.524. The Kier molecular flexibility index (Phi) is 5.27. The van der Waals surface area contributed by atoms with Gasteiger partial charge in [-0.05, 0) is 44.1 Å². The van der Waals surface area contributed by atoms with Gasteiger partial charge in [-0.15, -0.1) is 11.3 Å². The van der Waals surface area contributed by atoms with Crippen molar-refractivity contribution < 1.29 is 0 Å². The number of H-pyrrole nitrogens is 1. The summed E-state index contributed by atoms with van der Waals surface area (Å²) in [6.07, 6.45) is 6.50. The van der Waals surface area contributed by atoms with Crippen LogP contribution >= 0.6 is 11.3 Å². The van der Waals surface area contributed by atoms with Gasteiger partial charge >= 0.3 is 0 Å². The Hall–Kier alpha value is -2.70. The quantitative estimate of drug-likeness (QED) is 0.547. The van der Waals surface area contributed by atoms with Crippen LogP contribution in [0.3, 0.4) is 0 Å². The van der Waals surface area contributed by atoms with Crippen LogP contribution in [0.25, 0.3) is 10.2 Å². The number of nitrogens with one attached hydrogen (secondary N) is 3. The Labute approximate surface area is 179 Å². The second-order valence-electron chi connectivity index (χ2n) is 8.29. The Morgan fingerprint density at radius 1 is 1.30 bits per heavy atom. The van der Waals surface area contributed by atoms with Gasteiger partial charge in [-0.3, -0.25) is 10.00 Å². The Bertz CT molecular complexity index is 1050. The van der Waals surface area contributed by atoms with Crippen molar-refractivity contribution in [2.75, 3.05) is 17.2 Å². The zero-order valence-corrected chi connectivity index (χ0v) is 17.9. The Balaban J connectivity index is 1.35. The highest BCUT2D eigenvalue weighted by molar-refractivity contribution is 7.17. The molecule has 2 bridgehead atoms. The molecule has 2 aliphatic rings. The molecule has 2 aliphatic heterocycles. The van der Waals surface area contributed by atoms with Gasteiger partial charge in [0.15, 0.2) is 11.6 Å². The molecule has 3 aromatic heterocycles. The van der Waals surface area contributed by atoms with Crippen molar-refractivity contribution in [1.82, 2.24) is 25.1 Å². The molecule has 0 radical (unpaired) electrons. The first-order valence-electron chi connectivity index (χ1n) is 10.6. The highest BCUT2D eigenvalue weighted by Gasteiger charge is 2.38. The first-order chi connectivity index (χ1) is 14.7. The number of aromatic nitrogens is 4. The molecule has 1 unspecified atom stereocenters. The number of thiophene rings is 1. The van der Waals surface area contributed by atoms with Gasteiger partial charge < -0.3 is 10.6 Å². The SMILES string of the molecule is Cc1cc(Nc2nc(NC3C[C@H]4CCC[C@@H](C3)N4CCC#N)nc3ccsc23)n[nH]1. The fourth-order valence-electron chi connectivity index (χ4n) is 4.94. The minimum absolute atomic E-state index is 0.357. The molecule has 156 valence electrons. The summed E-state index contributed by atoms with van der Waals surface area (Å²) < 4.78 is 1.03. The zero-order chi connectivity index (χ0) is 20.5. The van der Waals surface area contributed by atoms with E-state index in [-0.39, 0.29) is 0 Å². The van der Waals surface area contributed by atoms with Crippen LogP contribution in [-0.2, 0) is 0 Å². The fourth-order valence-corrected chi connectivity index (χ4v) is 5.72. The maximum atomic E-state index is 8.99. The van der Waals surface area contributed by atoms with Crippen LogP contribution in [0, 0.1) is 18.3 Å². The van der Waals surface area contributed by atoms with Crippen LogP contribution in [0.5, 0.6) is 0 Å². The molecule has 2 saturated heterocycles. The highest BCUT2D eigenvalue weighted by atomic mass is 32.1. The van der Waals surface area contributed by atoms with E-state index in [9.17, 15) is 0 Å². The molecule has 3 atom stereocenters. The normalized spacial score (nSPS) is 23.9. The molecule has 0 aliphatic carbocycles. The predicted molar refractivity (Wildman–Crippen MR) is 119 cm³/mol. The van der Waals surface area contributed by atoms with Crippen LogP contribution in [0.2, 0.25) is 0 Å². The second kappa shape index (κ2) is 8.20. The molecule has 30 heavy (non-hydrogen) atoms. The molecule has 8 nitrogen and oxygen atoms in total. The molecule has 3 aromatic rings. The summed E-state index contributed by atoms with van der Waals surface area (Å²) in [5.41, 5.74) is 1.95. The number of nitriles is 1. The summed E-state index contributed by atoms with van der Waals surface area (Å²) in [7, 11) is 0. The maximum Gasteiger partial charge on any atom is 0.225 e. The number of aromatic amines is 1. The first-order valence-corrected chi connectivity index (χ1v) is 11.5. The monoisotopic (exact) mass is 422 g/mol. The summed E-state index contributed by atoms with van der Waals surface area (Å²) in [4.78, 5) is 12.1. The Morgan fingerprint density at radius 3 is 2.87 bits per heavy atom. The average molecular weight is 423 g/mol. The third-order valence-corrected chi connectivity index (χ3v) is 7.11. The molecular weight excluding hydrogens is 396 g/mol. The summed E-state index contributed by atoms with van der Waals surface area (Å²) >= 11 is 1.63. The lowest BCUT2D eigenvalue weighted by Crippen LogP contribution is -2.55. The average Bonchev–Trinajstić information content (AvgIpc) is 3.35. The molecule has 0 aromatic carbocycles. The van der Waals surface area contributed by atoms with Gasteiger partial charge in [-0.25, -0.2) is 4.98 Å². The van der Waals surface area contributed by atoms with Gasteiger partial charge in [0, 0.05) is 42.9 Å². The third-order valence-electron chi connectivity index (χ3n) is 6.20. The van der Waals surface area contributed by atoms with Gasteiger partial charge in [-0.1, -0.05) is 6.42 Å². The zero-order valence-electron chi connectivity index (χ0n) is 17.1. The van der Waals surface area contributed by atoms with E-state index in [1.807, 2.05) is 24.4 Å². The molecule has 2 fully saturated rings. The van der Waals surface area contributed by atoms with E-state index in [1.165, 1.54) is 19.3 Å². The van der Waals surface area contributed by atoms with Gasteiger partial charge in [0.25, 0.3) is 0 Å². The summed E-state index contributed by atoms with van der Waals surface area (Å²) in [5, 5.41) is 25.2. The number of aryl methyl sites for hydroxylation is 1. The van der Waals surface area contributed by atoms with Crippen LogP contribution in [0.1, 0.15) is 44.2 Å². The molecule has 9 heteroatoms. The number of rotatable bonds is 6. The van der Waals surface area contributed by atoms with Crippen molar-refractivity contribution in [3.63, 3.8) is 0 Å². The maximum absolute atomic E-state index is 8.99. The van der Waals surface area contributed by atoms with E-state index in [0.717, 1.165) is 46.9 Å². The van der Waals surface area contributed by atoms with E-state index in [1.54, 1.807) is 11.3 Å². The van der Waals surface area contributed by atoms with Crippen LogP contribution in [0.4, 0.5) is 17.6 Å². The Morgan fingerprint density at radius 2 is 2.13 bits per heavy atom. The van der Waals surface area contributed by atoms with Crippen molar-refractivity contribution in [3.8, 4) is 6.07 Å². The lowest BCUT2D eigenvalue weighted by Gasteiger charge is -2.48. The van der Waals surface area contributed by atoms with Crippen molar-refractivity contribution in [1.29, 1.82) is 5.26 Å². The summed E-state index contributed by atoms with van der Waals surface area (Å²) in [6.45, 7) is 2.87. The van der Waals surface area contributed by atoms with Crippen molar-refractivity contribution in [3.05, 3.63) is 23.2 Å². The highest BCUT2D eigenvalue weighted by Crippen LogP contribution is 2.36. The second-order valence-corrected chi connectivity index (χ2v) is 9.21. The van der Waals surface area contributed by atoms with Gasteiger partial charge in [-0.2, -0.15) is 15.3 Å². The lowest BCUT2D eigenvalue weighted by molar-refractivity contribution is 0.0369. The standard InChI is InChI=1S/C21H26N8S/c1-13-10-18(28-27-13)25-20-19-17(6-9-30-19)24-21(26-20)23-14-11-15-4-2-5-16(12-14)29(15)8-3-7-22/h6,9-10,14-16H,2-5,8,11-12H2,1H3,(H3,23,24,25,26,27,28)/t14?,15-,16+. The minimum Gasteiger partial charge on any atom is -0.351 e. The largest absolute Gasteiger partial charge is 0.351 e. The van der Waals surface area contributed by atoms with E-state index in [0.29, 0.717) is 30.5 Å². The van der Waals surface area contributed by atoms with E-state index in [2.05, 4.69) is 31.8 Å². The van der Waals surface area contributed by atoms with Crippen LogP contribution in [0.15, 0.2) is 17.5 Å².